The molecule has 2 amide bonds. The quantitative estimate of drug-likeness (QED) is 0.828. The molecule has 1 rings (SSSR count). The van der Waals surface area contributed by atoms with Crippen LogP contribution in [0.1, 0.15) is 26.3 Å². The number of carbonyl (C=O) groups excluding carboxylic acids is 2. The fraction of sp³-hybridized carbons (Fsp3) is 0.429. The molecule has 0 fully saturated rings. The smallest absolute Gasteiger partial charge is 0.407 e. The van der Waals surface area contributed by atoms with E-state index in [0.717, 1.165) is 0 Å². The number of carbonyl (C=O) groups is 2. The van der Waals surface area contributed by atoms with Crippen LogP contribution in [-0.2, 0) is 16.1 Å². The van der Waals surface area contributed by atoms with Crippen molar-refractivity contribution in [2.45, 2.75) is 32.9 Å². The molecule has 1 aromatic rings. The molecule has 0 radical (unpaired) electrons. The molecule has 0 saturated carbocycles. The zero-order chi connectivity index (χ0) is 16.0. The SMILES string of the molecule is CC(C)(C)OC(=O)NCc1c(Cl)cccc1NC(=O)CCl. The molecule has 0 aliphatic rings. The molecule has 0 heterocycles. The lowest BCUT2D eigenvalue weighted by Gasteiger charge is -2.20. The van der Waals surface area contributed by atoms with Gasteiger partial charge >= 0.3 is 6.09 Å². The van der Waals surface area contributed by atoms with Crippen molar-refractivity contribution in [2.75, 3.05) is 11.2 Å². The van der Waals surface area contributed by atoms with Crippen molar-refractivity contribution in [3.05, 3.63) is 28.8 Å². The molecule has 5 nitrogen and oxygen atoms in total. The average Bonchev–Trinajstić information content (AvgIpc) is 2.35. The fourth-order valence-electron chi connectivity index (χ4n) is 1.51. The zero-order valence-electron chi connectivity index (χ0n) is 12.1. The Balaban J connectivity index is 2.78. The predicted molar refractivity (Wildman–Crippen MR) is 83.9 cm³/mol. The summed E-state index contributed by atoms with van der Waals surface area (Å²) in [7, 11) is 0. The average molecular weight is 333 g/mol. The second-order valence-corrected chi connectivity index (χ2v) is 5.98. The highest BCUT2D eigenvalue weighted by molar-refractivity contribution is 6.32. The molecule has 0 bridgehead atoms. The Morgan fingerprint density at radius 1 is 1.29 bits per heavy atom. The Morgan fingerprint density at radius 3 is 2.52 bits per heavy atom. The molecule has 1 aromatic carbocycles. The van der Waals surface area contributed by atoms with Crippen LogP contribution >= 0.6 is 23.2 Å². The Kier molecular flexibility index (Phi) is 6.30. The fourth-order valence-corrected chi connectivity index (χ4v) is 1.82. The van der Waals surface area contributed by atoms with Crippen LogP contribution in [0.5, 0.6) is 0 Å². The lowest BCUT2D eigenvalue weighted by Crippen LogP contribution is -2.32. The number of anilines is 1. The van der Waals surface area contributed by atoms with Crippen LogP contribution in [0.15, 0.2) is 18.2 Å². The number of rotatable bonds is 4. The third kappa shape index (κ3) is 6.23. The van der Waals surface area contributed by atoms with E-state index in [1.807, 2.05) is 0 Å². The van der Waals surface area contributed by atoms with Gasteiger partial charge in [-0.3, -0.25) is 4.79 Å². The summed E-state index contributed by atoms with van der Waals surface area (Å²) in [5, 5.41) is 5.65. The zero-order valence-corrected chi connectivity index (χ0v) is 13.6. The van der Waals surface area contributed by atoms with Crippen molar-refractivity contribution in [3.63, 3.8) is 0 Å². The summed E-state index contributed by atoms with van der Waals surface area (Å²) < 4.78 is 5.14. The van der Waals surface area contributed by atoms with Crippen LogP contribution in [0.3, 0.4) is 0 Å². The molecule has 21 heavy (non-hydrogen) atoms. The minimum atomic E-state index is -0.583. The second kappa shape index (κ2) is 7.52. The van der Waals surface area contributed by atoms with E-state index in [4.69, 9.17) is 27.9 Å². The van der Waals surface area contributed by atoms with E-state index in [9.17, 15) is 9.59 Å². The summed E-state index contributed by atoms with van der Waals surface area (Å²) in [5.41, 5.74) is 0.507. The molecule has 0 aromatic heterocycles. The molecule has 0 aliphatic carbocycles. The lowest BCUT2D eigenvalue weighted by atomic mass is 10.1. The van der Waals surface area contributed by atoms with Gasteiger partial charge in [0, 0.05) is 22.8 Å². The van der Waals surface area contributed by atoms with Gasteiger partial charge in [-0.05, 0) is 32.9 Å². The molecule has 0 unspecified atom stereocenters. The topological polar surface area (TPSA) is 67.4 Å². The normalized spacial score (nSPS) is 10.9. The van der Waals surface area contributed by atoms with Gasteiger partial charge in [0.05, 0.1) is 0 Å². The maximum absolute atomic E-state index is 11.6. The van der Waals surface area contributed by atoms with Gasteiger partial charge in [0.15, 0.2) is 0 Å². The van der Waals surface area contributed by atoms with Gasteiger partial charge < -0.3 is 15.4 Å². The molecule has 0 saturated heterocycles. The van der Waals surface area contributed by atoms with Crippen LogP contribution in [0.25, 0.3) is 0 Å². The predicted octanol–water partition coefficient (Wildman–Crippen LogP) is 3.54. The first kappa shape index (κ1) is 17.6. The number of amides is 2. The van der Waals surface area contributed by atoms with Gasteiger partial charge in [-0.2, -0.15) is 0 Å². The van der Waals surface area contributed by atoms with Crippen LogP contribution in [-0.4, -0.2) is 23.5 Å². The summed E-state index contributed by atoms with van der Waals surface area (Å²) in [6, 6.07) is 5.05. The van der Waals surface area contributed by atoms with Gasteiger partial charge in [0.25, 0.3) is 0 Å². The molecule has 0 spiro atoms. The summed E-state index contributed by atoms with van der Waals surface area (Å²) >= 11 is 11.6. The van der Waals surface area contributed by atoms with Gasteiger partial charge in [-0.25, -0.2) is 4.79 Å². The van der Waals surface area contributed by atoms with Crippen molar-refractivity contribution < 1.29 is 14.3 Å². The van der Waals surface area contributed by atoms with E-state index in [-0.39, 0.29) is 18.3 Å². The third-order valence-corrected chi connectivity index (χ3v) is 2.92. The molecule has 7 heteroatoms. The number of alkyl carbamates (subject to hydrolysis) is 1. The number of alkyl halides is 1. The molecular formula is C14H18Cl2N2O3. The second-order valence-electron chi connectivity index (χ2n) is 5.30. The van der Waals surface area contributed by atoms with Crippen LogP contribution in [0, 0.1) is 0 Å². The Labute approximate surface area is 133 Å². The number of ether oxygens (including phenoxy) is 1. The molecule has 0 atom stereocenters. The minimum Gasteiger partial charge on any atom is -0.444 e. The molecule has 0 aliphatic heterocycles. The minimum absolute atomic E-state index is 0.131. The van der Waals surface area contributed by atoms with E-state index >= 15 is 0 Å². The lowest BCUT2D eigenvalue weighted by molar-refractivity contribution is -0.113. The highest BCUT2D eigenvalue weighted by Crippen LogP contribution is 2.24. The summed E-state index contributed by atoms with van der Waals surface area (Å²) in [6.07, 6.45) is -0.558. The summed E-state index contributed by atoms with van der Waals surface area (Å²) in [6.45, 7) is 5.45. The van der Waals surface area contributed by atoms with Crippen LogP contribution in [0.4, 0.5) is 10.5 Å². The maximum Gasteiger partial charge on any atom is 0.407 e. The third-order valence-electron chi connectivity index (χ3n) is 2.32. The standard InChI is InChI=1S/C14H18Cl2N2O3/c1-14(2,3)21-13(20)17-8-9-10(16)5-4-6-11(9)18-12(19)7-15/h4-6H,7-8H2,1-3H3,(H,17,20)(H,18,19). The highest BCUT2D eigenvalue weighted by Gasteiger charge is 2.17. The van der Waals surface area contributed by atoms with Crippen molar-refractivity contribution >= 4 is 40.9 Å². The van der Waals surface area contributed by atoms with Crippen molar-refractivity contribution in [1.29, 1.82) is 0 Å². The largest absolute Gasteiger partial charge is 0.444 e. The summed E-state index contributed by atoms with van der Waals surface area (Å²) in [4.78, 5) is 23.0. The van der Waals surface area contributed by atoms with E-state index < -0.39 is 11.7 Å². The maximum atomic E-state index is 11.6. The van der Waals surface area contributed by atoms with Gasteiger partial charge in [0.1, 0.15) is 11.5 Å². The van der Waals surface area contributed by atoms with E-state index in [2.05, 4.69) is 10.6 Å². The molecular weight excluding hydrogens is 315 g/mol. The number of hydrogen-bond donors (Lipinski definition) is 2. The van der Waals surface area contributed by atoms with E-state index in [1.54, 1.807) is 39.0 Å². The monoisotopic (exact) mass is 332 g/mol. The first-order valence-electron chi connectivity index (χ1n) is 6.33. The first-order chi connectivity index (χ1) is 9.73. The van der Waals surface area contributed by atoms with Crippen LogP contribution < -0.4 is 10.6 Å². The first-order valence-corrected chi connectivity index (χ1v) is 7.24. The number of hydrogen-bond acceptors (Lipinski definition) is 3. The molecule has 116 valence electrons. The Bertz CT molecular complexity index is 527. The van der Waals surface area contributed by atoms with E-state index in [1.165, 1.54) is 0 Å². The van der Waals surface area contributed by atoms with Gasteiger partial charge in [0.2, 0.25) is 5.91 Å². The Hall–Kier alpha value is -1.46. The highest BCUT2D eigenvalue weighted by atomic mass is 35.5. The number of halogens is 2. The van der Waals surface area contributed by atoms with Gasteiger partial charge in [-0.1, -0.05) is 17.7 Å². The molecule has 2 N–H and O–H groups in total. The van der Waals surface area contributed by atoms with E-state index in [0.29, 0.717) is 16.3 Å². The Morgan fingerprint density at radius 2 is 1.95 bits per heavy atom. The van der Waals surface area contributed by atoms with Crippen molar-refractivity contribution in [2.24, 2.45) is 0 Å². The number of benzene rings is 1. The number of nitrogens with one attached hydrogen (secondary N) is 2. The summed E-state index contributed by atoms with van der Waals surface area (Å²) in [5.74, 6) is -0.511. The van der Waals surface area contributed by atoms with Crippen LogP contribution in [0.2, 0.25) is 5.02 Å². The van der Waals surface area contributed by atoms with Crippen molar-refractivity contribution in [3.8, 4) is 0 Å². The van der Waals surface area contributed by atoms with Crippen molar-refractivity contribution in [1.82, 2.24) is 5.32 Å². The van der Waals surface area contributed by atoms with Gasteiger partial charge in [-0.15, -0.1) is 11.6 Å².